The smallest absolute Gasteiger partial charge is 0.00291 e. The SMILES string of the molecule is CCCCCCc1ccc(C)c2c1C(C)C(C)=C2. The monoisotopic (exact) mass is 242 g/mol. The zero-order chi connectivity index (χ0) is 13.1. The Bertz CT molecular complexity index is 451. The number of rotatable bonds is 5. The van der Waals surface area contributed by atoms with Gasteiger partial charge in [0.15, 0.2) is 0 Å². The fourth-order valence-electron chi connectivity index (χ4n) is 3.03. The quantitative estimate of drug-likeness (QED) is 0.586. The Kier molecular flexibility index (Phi) is 4.27. The van der Waals surface area contributed by atoms with Crippen molar-refractivity contribution in [3.8, 4) is 0 Å². The third-order valence-corrected chi connectivity index (χ3v) is 4.38. The van der Waals surface area contributed by atoms with Crippen molar-refractivity contribution in [3.63, 3.8) is 0 Å². The summed E-state index contributed by atoms with van der Waals surface area (Å²) in [5, 5.41) is 0. The summed E-state index contributed by atoms with van der Waals surface area (Å²) in [6.45, 7) is 9.14. The van der Waals surface area contributed by atoms with Crippen LogP contribution in [0.15, 0.2) is 17.7 Å². The highest BCUT2D eigenvalue weighted by Crippen LogP contribution is 2.39. The van der Waals surface area contributed by atoms with E-state index in [1.807, 2.05) is 0 Å². The minimum Gasteiger partial charge on any atom is -0.0655 e. The van der Waals surface area contributed by atoms with Crippen molar-refractivity contribution in [1.29, 1.82) is 0 Å². The third-order valence-electron chi connectivity index (χ3n) is 4.38. The molecule has 0 aromatic heterocycles. The first-order valence-electron chi connectivity index (χ1n) is 7.45. The van der Waals surface area contributed by atoms with E-state index in [1.165, 1.54) is 48.8 Å². The Balaban J connectivity index is 2.17. The highest BCUT2D eigenvalue weighted by atomic mass is 14.3. The van der Waals surface area contributed by atoms with E-state index in [9.17, 15) is 0 Å². The molecule has 1 aliphatic carbocycles. The van der Waals surface area contributed by atoms with Crippen LogP contribution in [-0.2, 0) is 6.42 Å². The second kappa shape index (κ2) is 5.73. The van der Waals surface area contributed by atoms with Crippen LogP contribution in [0.4, 0.5) is 0 Å². The topological polar surface area (TPSA) is 0 Å². The molecule has 18 heavy (non-hydrogen) atoms. The predicted molar refractivity (Wildman–Crippen MR) is 81.1 cm³/mol. The number of fused-ring (bicyclic) bond motifs is 1. The van der Waals surface area contributed by atoms with Gasteiger partial charge in [0, 0.05) is 5.92 Å². The summed E-state index contributed by atoms with van der Waals surface area (Å²) in [5.41, 5.74) is 7.67. The van der Waals surface area contributed by atoms with Crippen molar-refractivity contribution >= 4 is 6.08 Å². The molecule has 0 amide bonds. The lowest BCUT2D eigenvalue weighted by atomic mass is 9.89. The van der Waals surface area contributed by atoms with Crippen LogP contribution in [0.5, 0.6) is 0 Å². The molecule has 1 aromatic rings. The molecule has 0 aliphatic heterocycles. The Hall–Kier alpha value is -1.04. The molecule has 2 rings (SSSR count). The van der Waals surface area contributed by atoms with Gasteiger partial charge in [-0.1, -0.05) is 56.9 Å². The van der Waals surface area contributed by atoms with Crippen molar-refractivity contribution < 1.29 is 0 Å². The number of allylic oxidation sites excluding steroid dienone is 1. The first-order chi connectivity index (χ1) is 8.65. The minimum absolute atomic E-state index is 0.626. The molecule has 0 saturated heterocycles. The van der Waals surface area contributed by atoms with Crippen LogP contribution in [0.1, 0.15) is 74.6 Å². The van der Waals surface area contributed by atoms with Crippen LogP contribution < -0.4 is 0 Å². The second-order valence-corrected chi connectivity index (χ2v) is 5.79. The van der Waals surface area contributed by atoms with E-state index in [0.29, 0.717) is 5.92 Å². The average molecular weight is 242 g/mol. The zero-order valence-electron chi connectivity index (χ0n) is 12.3. The lowest BCUT2D eigenvalue weighted by molar-refractivity contribution is 0.663. The zero-order valence-corrected chi connectivity index (χ0v) is 12.3. The van der Waals surface area contributed by atoms with Gasteiger partial charge in [-0.3, -0.25) is 0 Å². The molecule has 0 heterocycles. The van der Waals surface area contributed by atoms with Gasteiger partial charge < -0.3 is 0 Å². The average Bonchev–Trinajstić information content (AvgIpc) is 2.66. The molecule has 0 radical (unpaired) electrons. The summed E-state index contributed by atoms with van der Waals surface area (Å²) in [5.74, 6) is 0.626. The largest absolute Gasteiger partial charge is 0.0655 e. The first-order valence-corrected chi connectivity index (χ1v) is 7.45. The highest BCUT2D eigenvalue weighted by molar-refractivity contribution is 5.70. The van der Waals surface area contributed by atoms with E-state index < -0.39 is 0 Å². The van der Waals surface area contributed by atoms with E-state index in [-0.39, 0.29) is 0 Å². The Morgan fingerprint density at radius 2 is 1.83 bits per heavy atom. The van der Waals surface area contributed by atoms with Gasteiger partial charge in [-0.25, -0.2) is 0 Å². The normalized spacial score (nSPS) is 17.8. The summed E-state index contributed by atoms with van der Waals surface area (Å²) in [6.07, 6.45) is 9.07. The molecule has 0 heteroatoms. The second-order valence-electron chi connectivity index (χ2n) is 5.79. The van der Waals surface area contributed by atoms with E-state index in [2.05, 4.69) is 45.9 Å². The maximum atomic E-state index is 2.39. The molecule has 1 aromatic carbocycles. The van der Waals surface area contributed by atoms with Crippen molar-refractivity contribution in [2.24, 2.45) is 0 Å². The maximum Gasteiger partial charge on any atom is 0.00291 e. The molecule has 0 saturated carbocycles. The predicted octanol–water partition coefficient (Wildman–Crippen LogP) is 5.64. The molecule has 0 fully saturated rings. The van der Waals surface area contributed by atoms with Gasteiger partial charge >= 0.3 is 0 Å². The van der Waals surface area contributed by atoms with Gasteiger partial charge in [0.2, 0.25) is 0 Å². The number of hydrogen-bond acceptors (Lipinski definition) is 0. The van der Waals surface area contributed by atoms with Gasteiger partial charge in [0.25, 0.3) is 0 Å². The van der Waals surface area contributed by atoms with Crippen LogP contribution in [0, 0.1) is 6.92 Å². The molecule has 0 N–H and O–H groups in total. The molecule has 0 nitrogen and oxygen atoms in total. The minimum atomic E-state index is 0.626. The molecular weight excluding hydrogens is 216 g/mol. The van der Waals surface area contributed by atoms with Crippen molar-refractivity contribution in [3.05, 3.63) is 40.0 Å². The lowest BCUT2D eigenvalue weighted by Crippen LogP contribution is -2.00. The van der Waals surface area contributed by atoms with Crippen LogP contribution in [-0.4, -0.2) is 0 Å². The molecule has 1 unspecified atom stereocenters. The van der Waals surface area contributed by atoms with Gasteiger partial charge in [0.05, 0.1) is 0 Å². The summed E-state index contributed by atoms with van der Waals surface area (Å²) in [6, 6.07) is 4.67. The van der Waals surface area contributed by atoms with E-state index in [4.69, 9.17) is 0 Å². The Labute approximate surface area is 112 Å². The van der Waals surface area contributed by atoms with E-state index in [1.54, 1.807) is 11.1 Å². The fourth-order valence-corrected chi connectivity index (χ4v) is 3.03. The molecule has 1 aliphatic rings. The van der Waals surface area contributed by atoms with Crippen LogP contribution in [0.2, 0.25) is 0 Å². The third kappa shape index (κ3) is 2.53. The Morgan fingerprint density at radius 1 is 1.06 bits per heavy atom. The van der Waals surface area contributed by atoms with Crippen LogP contribution in [0.3, 0.4) is 0 Å². The molecule has 0 bridgehead atoms. The van der Waals surface area contributed by atoms with Gasteiger partial charge in [-0.2, -0.15) is 0 Å². The molecular formula is C18H26. The standard InChI is InChI=1S/C18H26/c1-5-6-7-8-9-16-11-10-13(2)17-12-14(3)15(4)18(16)17/h10-12,15H,5-9H2,1-4H3. The number of aryl methyl sites for hydroxylation is 2. The van der Waals surface area contributed by atoms with Gasteiger partial charge in [-0.05, 0) is 48.9 Å². The lowest BCUT2D eigenvalue weighted by Gasteiger charge is -2.15. The molecule has 0 spiro atoms. The number of benzene rings is 1. The summed E-state index contributed by atoms with van der Waals surface area (Å²) in [4.78, 5) is 0. The maximum absolute atomic E-state index is 2.39. The molecule has 1 atom stereocenters. The highest BCUT2D eigenvalue weighted by Gasteiger charge is 2.22. The number of hydrogen-bond donors (Lipinski definition) is 0. The Morgan fingerprint density at radius 3 is 2.56 bits per heavy atom. The van der Waals surface area contributed by atoms with Crippen molar-refractivity contribution in [1.82, 2.24) is 0 Å². The van der Waals surface area contributed by atoms with Crippen molar-refractivity contribution in [2.75, 3.05) is 0 Å². The van der Waals surface area contributed by atoms with E-state index >= 15 is 0 Å². The van der Waals surface area contributed by atoms with Gasteiger partial charge in [0.1, 0.15) is 0 Å². The van der Waals surface area contributed by atoms with Crippen LogP contribution >= 0.6 is 0 Å². The summed E-state index contributed by atoms with van der Waals surface area (Å²) >= 11 is 0. The van der Waals surface area contributed by atoms with Gasteiger partial charge in [-0.15, -0.1) is 0 Å². The summed E-state index contributed by atoms with van der Waals surface area (Å²) < 4.78 is 0. The summed E-state index contributed by atoms with van der Waals surface area (Å²) in [7, 11) is 0. The van der Waals surface area contributed by atoms with Crippen molar-refractivity contribution in [2.45, 2.75) is 65.7 Å². The van der Waals surface area contributed by atoms with E-state index in [0.717, 1.165) is 0 Å². The number of unbranched alkanes of at least 4 members (excludes halogenated alkanes) is 3. The fraction of sp³-hybridized carbons (Fsp3) is 0.556. The first kappa shape index (κ1) is 13.4. The van der Waals surface area contributed by atoms with Crippen LogP contribution in [0.25, 0.3) is 6.08 Å². The molecule has 98 valence electrons.